The van der Waals surface area contributed by atoms with E-state index in [9.17, 15) is 4.79 Å². The maximum absolute atomic E-state index is 12.5. The van der Waals surface area contributed by atoms with E-state index in [0.717, 1.165) is 50.9 Å². The van der Waals surface area contributed by atoms with Crippen molar-refractivity contribution in [3.63, 3.8) is 0 Å². The van der Waals surface area contributed by atoms with Gasteiger partial charge in [-0.25, -0.2) is 4.79 Å². The molecule has 4 heteroatoms. The second-order valence-electron chi connectivity index (χ2n) is 6.15. The van der Waals surface area contributed by atoms with Gasteiger partial charge in [-0.05, 0) is 44.2 Å². The number of likely N-dealkylation sites (tertiary alicyclic amines) is 1. The largest absolute Gasteiger partial charge is 0.445 e. The van der Waals surface area contributed by atoms with Crippen molar-refractivity contribution in [3.05, 3.63) is 35.9 Å². The van der Waals surface area contributed by atoms with Gasteiger partial charge >= 0.3 is 6.09 Å². The van der Waals surface area contributed by atoms with Crippen LogP contribution in [0.25, 0.3) is 0 Å². The van der Waals surface area contributed by atoms with Crippen LogP contribution in [0.4, 0.5) is 4.79 Å². The van der Waals surface area contributed by atoms with Crippen molar-refractivity contribution in [1.29, 1.82) is 0 Å². The topological polar surface area (TPSA) is 41.6 Å². The van der Waals surface area contributed by atoms with Crippen LogP contribution in [0, 0.1) is 0 Å². The molecule has 1 unspecified atom stereocenters. The number of rotatable bonds is 2. The summed E-state index contributed by atoms with van der Waals surface area (Å²) in [5.74, 6) is 0. The molecule has 0 saturated carbocycles. The highest BCUT2D eigenvalue weighted by molar-refractivity contribution is 5.69. The number of ether oxygens (including phenoxy) is 1. The van der Waals surface area contributed by atoms with Crippen LogP contribution in [0.3, 0.4) is 0 Å². The first kappa shape index (κ1) is 14.4. The minimum Gasteiger partial charge on any atom is -0.445 e. The van der Waals surface area contributed by atoms with Gasteiger partial charge in [-0.15, -0.1) is 0 Å². The zero-order chi connectivity index (χ0) is 14.5. The molecular formula is C17H24N2O2. The van der Waals surface area contributed by atoms with Crippen LogP contribution in [-0.4, -0.2) is 36.2 Å². The van der Waals surface area contributed by atoms with E-state index in [-0.39, 0.29) is 11.6 Å². The van der Waals surface area contributed by atoms with Gasteiger partial charge in [0.25, 0.3) is 0 Å². The molecule has 2 saturated heterocycles. The minimum absolute atomic E-state index is 0.00965. The van der Waals surface area contributed by atoms with E-state index in [1.807, 2.05) is 35.2 Å². The Morgan fingerprint density at radius 3 is 2.76 bits per heavy atom. The Labute approximate surface area is 126 Å². The number of carbonyl (C=O) groups is 1. The molecule has 0 bridgehead atoms. The van der Waals surface area contributed by atoms with Crippen molar-refractivity contribution in [2.75, 3.05) is 19.6 Å². The molecule has 3 rings (SSSR count). The van der Waals surface area contributed by atoms with Gasteiger partial charge < -0.3 is 15.0 Å². The summed E-state index contributed by atoms with van der Waals surface area (Å²) in [4.78, 5) is 14.5. The van der Waals surface area contributed by atoms with Crippen LogP contribution in [0.2, 0.25) is 0 Å². The van der Waals surface area contributed by atoms with E-state index in [2.05, 4.69) is 5.32 Å². The van der Waals surface area contributed by atoms with Crippen molar-refractivity contribution < 1.29 is 9.53 Å². The lowest BCUT2D eigenvalue weighted by Gasteiger charge is -2.48. The first-order chi connectivity index (χ1) is 10.3. The van der Waals surface area contributed by atoms with E-state index in [0.29, 0.717) is 6.61 Å². The first-order valence-electron chi connectivity index (χ1n) is 7.99. The number of benzene rings is 1. The molecule has 1 aromatic carbocycles. The van der Waals surface area contributed by atoms with Crippen LogP contribution in [0.15, 0.2) is 30.3 Å². The summed E-state index contributed by atoms with van der Waals surface area (Å²) in [6, 6.07) is 9.88. The number of nitrogens with one attached hydrogen (secondary N) is 1. The summed E-state index contributed by atoms with van der Waals surface area (Å²) >= 11 is 0. The van der Waals surface area contributed by atoms with Gasteiger partial charge in [0.2, 0.25) is 0 Å². The van der Waals surface area contributed by atoms with Crippen molar-refractivity contribution in [1.82, 2.24) is 10.2 Å². The third-order valence-electron chi connectivity index (χ3n) is 4.72. The summed E-state index contributed by atoms with van der Waals surface area (Å²) in [5, 5.41) is 3.45. The summed E-state index contributed by atoms with van der Waals surface area (Å²) < 4.78 is 5.55. The number of nitrogens with zero attached hydrogens (tertiary/aromatic N) is 1. The maximum atomic E-state index is 12.5. The van der Waals surface area contributed by atoms with Gasteiger partial charge in [-0.2, -0.15) is 0 Å². The van der Waals surface area contributed by atoms with Crippen molar-refractivity contribution in [2.45, 2.75) is 44.2 Å². The summed E-state index contributed by atoms with van der Waals surface area (Å²) in [6.07, 6.45) is 5.48. The summed E-state index contributed by atoms with van der Waals surface area (Å²) in [7, 11) is 0. The molecule has 114 valence electrons. The highest BCUT2D eigenvalue weighted by Crippen LogP contribution is 2.34. The normalized spacial score (nSPS) is 25.8. The number of hydrogen-bond acceptors (Lipinski definition) is 3. The van der Waals surface area contributed by atoms with Crippen molar-refractivity contribution >= 4 is 6.09 Å². The third-order valence-corrected chi connectivity index (χ3v) is 4.72. The number of piperidine rings is 2. The molecule has 1 spiro atoms. The molecule has 4 nitrogen and oxygen atoms in total. The first-order valence-corrected chi connectivity index (χ1v) is 7.99. The van der Waals surface area contributed by atoms with E-state index in [1.165, 1.54) is 6.42 Å². The molecule has 1 amide bonds. The predicted octanol–water partition coefficient (Wildman–Crippen LogP) is 2.93. The molecule has 0 radical (unpaired) electrons. The van der Waals surface area contributed by atoms with Gasteiger partial charge in [0, 0.05) is 13.1 Å². The molecule has 0 aromatic heterocycles. The van der Waals surface area contributed by atoms with Crippen LogP contribution < -0.4 is 5.32 Å². The van der Waals surface area contributed by atoms with Gasteiger partial charge in [-0.1, -0.05) is 30.3 Å². The highest BCUT2D eigenvalue weighted by Gasteiger charge is 2.42. The number of carbonyl (C=O) groups excluding carboxylic acids is 1. The number of hydrogen-bond donors (Lipinski definition) is 1. The fourth-order valence-electron chi connectivity index (χ4n) is 3.57. The van der Waals surface area contributed by atoms with Crippen LogP contribution in [0.5, 0.6) is 0 Å². The summed E-state index contributed by atoms with van der Waals surface area (Å²) in [5.41, 5.74) is 1.03. The van der Waals surface area contributed by atoms with Gasteiger partial charge in [-0.3, -0.25) is 0 Å². The zero-order valence-electron chi connectivity index (χ0n) is 12.5. The SMILES string of the molecule is O=C(OCc1ccccc1)N1CCCCC12CCCNC2. The van der Waals surface area contributed by atoms with Crippen LogP contribution in [0.1, 0.15) is 37.7 Å². The Morgan fingerprint density at radius 1 is 1.19 bits per heavy atom. The molecule has 1 aromatic rings. The predicted molar refractivity (Wildman–Crippen MR) is 82.0 cm³/mol. The molecule has 2 fully saturated rings. The lowest BCUT2D eigenvalue weighted by Crippen LogP contribution is -2.61. The lowest BCUT2D eigenvalue weighted by molar-refractivity contribution is 0.0111. The van der Waals surface area contributed by atoms with E-state index >= 15 is 0 Å². The van der Waals surface area contributed by atoms with Gasteiger partial charge in [0.05, 0.1) is 5.54 Å². The highest BCUT2D eigenvalue weighted by atomic mass is 16.6. The van der Waals surface area contributed by atoms with Crippen molar-refractivity contribution in [3.8, 4) is 0 Å². The zero-order valence-corrected chi connectivity index (χ0v) is 12.5. The Morgan fingerprint density at radius 2 is 2.00 bits per heavy atom. The van der Waals surface area contributed by atoms with Crippen LogP contribution in [-0.2, 0) is 11.3 Å². The van der Waals surface area contributed by atoms with Gasteiger partial charge in [0.15, 0.2) is 0 Å². The third kappa shape index (κ3) is 3.21. The fourth-order valence-corrected chi connectivity index (χ4v) is 3.57. The Kier molecular flexibility index (Phi) is 4.44. The molecule has 2 heterocycles. The van der Waals surface area contributed by atoms with E-state index in [1.54, 1.807) is 0 Å². The molecule has 1 N–H and O–H groups in total. The second-order valence-corrected chi connectivity index (χ2v) is 6.15. The maximum Gasteiger partial charge on any atom is 0.410 e. The summed E-state index contributed by atoms with van der Waals surface area (Å²) in [6.45, 7) is 3.16. The molecule has 0 aliphatic carbocycles. The smallest absolute Gasteiger partial charge is 0.410 e. The molecule has 2 aliphatic rings. The average molecular weight is 288 g/mol. The van der Waals surface area contributed by atoms with Crippen molar-refractivity contribution in [2.24, 2.45) is 0 Å². The molecule has 1 atom stereocenters. The quantitative estimate of drug-likeness (QED) is 0.909. The Bertz CT molecular complexity index is 461. The Balaban J connectivity index is 1.64. The fraction of sp³-hybridized carbons (Fsp3) is 0.588. The van der Waals surface area contributed by atoms with Gasteiger partial charge in [0.1, 0.15) is 6.61 Å². The molecule has 2 aliphatic heterocycles. The average Bonchev–Trinajstić information content (AvgIpc) is 2.55. The number of amides is 1. The second kappa shape index (κ2) is 6.48. The van der Waals surface area contributed by atoms with Crippen LogP contribution >= 0.6 is 0 Å². The van der Waals surface area contributed by atoms with E-state index < -0.39 is 0 Å². The standard InChI is InChI=1S/C17H24N2O2/c20-16(21-13-15-7-2-1-3-8-15)19-12-5-4-9-17(19)10-6-11-18-14-17/h1-3,7-8,18H,4-6,9-14H2. The Hall–Kier alpha value is -1.55. The molecule has 21 heavy (non-hydrogen) atoms. The molecular weight excluding hydrogens is 264 g/mol. The lowest BCUT2D eigenvalue weighted by atomic mass is 9.81. The monoisotopic (exact) mass is 288 g/mol. The van der Waals surface area contributed by atoms with E-state index in [4.69, 9.17) is 4.74 Å². The minimum atomic E-state index is -0.151.